The molecule has 0 saturated carbocycles. The van der Waals surface area contributed by atoms with Crippen LogP contribution in [-0.2, 0) is 0 Å². The molecule has 5 rings (SSSR count). The zero-order valence-electron chi connectivity index (χ0n) is 17.2. The molecule has 3 heterocycles. The van der Waals surface area contributed by atoms with Crippen molar-refractivity contribution in [1.82, 2.24) is 14.8 Å². The summed E-state index contributed by atoms with van der Waals surface area (Å²) in [5.74, 6) is 0.836. The SMILES string of the molecule is COc1ccc([C@@H]2C[C@H](c3ccc(F)cc3)n3nc(NC(=O)c4ccco4)nc3N2)cc1. The van der Waals surface area contributed by atoms with Crippen molar-refractivity contribution >= 4 is 17.8 Å². The maximum atomic E-state index is 13.5. The highest BCUT2D eigenvalue weighted by atomic mass is 19.1. The summed E-state index contributed by atoms with van der Waals surface area (Å²) in [5, 5.41) is 10.5. The Morgan fingerprint density at radius 3 is 2.59 bits per heavy atom. The Bertz CT molecular complexity index is 1220. The van der Waals surface area contributed by atoms with Crippen LogP contribution in [0.2, 0.25) is 0 Å². The number of carbonyl (C=O) groups is 1. The number of hydrogen-bond acceptors (Lipinski definition) is 6. The summed E-state index contributed by atoms with van der Waals surface area (Å²) in [6, 6.07) is 17.0. The first-order valence-corrected chi connectivity index (χ1v) is 10.1. The van der Waals surface area contributed by atoms with Crippen molar-refractivity contribution in [3.8, 4) is 5.75 Å². The van der Waals surface area contributed by atoms with Gasteiger partial charge in [0.05, 0.1) is 25.5 Å². The first-order valence-electron chi connectivity index (χ1n) is 10.1. The number of aromatic nitrogens is 3. The van der Waals surface area contributed by atoms with Crippen LogP contribution in [0.15, 0.2) is 71.3 Å². The minimum atomic E-state index is -0.442. The highest BCUT2D eigenvalue weighted by Gasteiger charge is 2.31. The van der Waals surface area contributed by atoms with Crippen LogP contribution in [-0.4, -0.2) is 27.8 Å². The molecule has 8 nitrogen and oxygen atoms in total. The van der Waals surface area contributed by atoms with Crippen LogP contribution in [0.25, 0.3) is 0 Å². The van der Waals surface area contributed by atoms with E-state index in [2.05, 4.69) is 20.7 Å². The molecule has 0 radical (unpaired) electrons. The summed E-state index contributed by atoms with van der Waals surface area (Å²) in [6.07, 6.45) is 2.08. The van der Waals surface area contributed by atoms with Crippen molar-refractivity contribution in [2.24, 2.45) is 0 Å². The summed E-state index contributed by atoms with van der Waals surface area (Å²) in [4.78, 5) is 16.8. The number of halogens is 1. The first kappa shape index (κ1) is 19.8. The van der Waals surface area contributed by atoms with E-state index in [1.54, 1.807) is 36.1 Å². The van der Waals surface area contributed by atoms with E-state index >= 15 is 0 Å². The molecule has 2 aromatic carbocycles. The van der Waals surface area contributed by atoms with E-state index in [4.69, 9.17) is 9.15 Å². The number of furan rings is 1. The van der Waals surface area contributed by atoms with E-state index in [9.17, 15) is 9.18 Å². The quantitative estimate of drug-likeness (QED) is 0.484. The van der Waals surface area contributed by atoms with Gasteiger partial charge in [0.2, 0.25) is 5.95 Å². The molecule has 0 unspecified atom stereocenters. The van der Waals surface area contributed by atoms with Crippen molar-refractivity contribution in [3.05, 3.63) is 89.6 Å². The Morgan fingerprint density at radius 1 is 1.16 bits per heavy atom. The smallest absolute Gasteiger partial charge is 0.293 e. The van der Waals surface area contributed by atoms with Crippen LogP contribution in [0, 0.1) is 5.82 Å². The van der Waals surface area contributed by atoms with Gasteiger partial charge in [-0.3, -0.25) is 10.1 Å². The number of fused-ring (bicyclic) bond motifs is 1. The number of nitrogens with one attached hydrogen (secondary N) is 2. The van der Waals surface area contributed by atoms with E-state index in [0.717, 1.165) is 16.9 Å². The highest BCUT2D eigenvalue weighted by molar-refractivity contribution is 6.01. The van der Waals surface area contributed by atoms with Gasteiger partial charge in [-0.25, -0.2) is 9.07 Å². The molecule has 162 valence electrons. The maximum Gasteiger partial charge on any atom is 0.293 e. The molecule has 4 aromatic rings. The second kappa shape index (κ2) is 8.18. The van der Waals surface area contributed by atoms with E-state index in [0.29, 0.717) is 12.4 Å². The zero-order valence-corrected chi connectivity index (χ0v) is 17.2. The number of hydrogen-bond donors (Lipinski definition) is 2. The molecule has 9 heteroatoms. The monoisotopic (exact) mass is 433 g/mol. The number of anilines is 2. The van der Waals surface area contributed by atoms with Gasteiger partial charge in [0.15, 0.2) is 5.76 Å². The van der Waals surface area contributed by atoms with Crippen molar-refractivity contribution in [2.45, 2.75) is 18.5 Å². The maximum absolute atomic E-state index is 13.5. The fourth-order valence-corrected chi connectivity index (χ4v) is 3.82. The number of ether oxygens (including phenoxy) is 1. The molecule has 1 amide bonds. The molecule has 0 spiro atoms. The van der Waals surface area contributed by atoms with Gasteiger partial charge < -0.3 is 14.5 Å². The fraction of sp³-hybridized carbons (Fsp3) is 0.174. The summed E-state index contributed by atoms with van der Waals surface area (Å²) in [5.41, 5.74) is 1.94. The van der Waals surface area contributed by atoms with Crippen LogP contribution in [0.1, 0.15) is 40.2 Å². The van der Waals surface area contributed by atoms with Gasteiger partial charge in [0, 0.05) is 0 Å². The van der Waals surface area contributed by atoms with Crippen molar-refractivity contribution in [3.63, 3.8) is 0 Å². The summed E-state index contributed by atoms with van der Waals surface area (Å²) < 4.78 is 25.6. The number of carbonyl (C=O) groups excluding carboxylic acids is 1. The van der Waals surface area contributed by atoms with E-state index in [-0.39, 0.29) is 29.6 Å². The molecule has 1 aliphatic heterocycles. The Labute approximate surface area is 183 Å². The lowest BCUT2D eigenvalue weighted by atomic mass is 9.93. The number of amides is 1. The lowest BCUT2D eigenvalue weighted by Gasteiger charge is -2.31. The van der Waals surface area contributed by atoms with Gasteiger partial charge in [0.25, 0.3) is 11.9 Å². The predicted octanol–water partition coefficient (Wildman–Crippen LogP) is 4.42. The molecule has 0 fully saturated rings. The lowest BCUT2D eigenvalue weighted by molar-refractivity contribution is 0.0995. The van der Waals surface area contributed by atoms with Gasteiger partial charge >= 0.3 is 0 Å². The van der Waals surface area contributed by atoms with E-state index < -0.39 is 5.91 Å². The van der Waals surface area contributed by atoms with Gasteiger partial charge in [0.1, 0.15) is 11.6 Å². The molecule has 0 bridgehead atoms. The zero-order chi connectivity index (χ0) is 22.1. The molecule has 32 heavy (non-hydrogen) atoms. The van der Waals surface area contributed by atoms with Gasteiger partial charge in [-0.2, -0.15) is 4.98 Å². The molecule has 0 aliphatic carbocycles. The highest BCUT2D eigenvalue weighted by Crippen LogP contribution is 2.38. The number of nitrogens with zero attached hydrogens (tertiary/aromatic N) is 3. The minimum Gasteiger partial charge on any atom is -0.497 e. The van der Waals surface area contributed by atoms with Crippen LogP contribution in [0.5, 0.6) is 5.75 Å². The molecular formula is C23H20FN5O3. The Hall–Kier alpha value is -4.14. The molecule has 1 aliphatic rings. The van der Waals surface area contributed by atoms with Gasteiger partial charge in [-0.05, 0) is 53.9 Å². The largest absolute Gasteiger partial charge is 0.497 e. The summed E-state index contributed by atoms with van der Waals surface area (Å²) in [7, 11) is 1.62. The molecular weight excluding hydrogens is 413 g/mol. The molecule has 0 saturated heterocycles. The number of rotatable bonds is 5. The average Bonchev–Trinajstić information content (AvgIpc) is 3.49. The third-order valence-corrected chi connectivity index (χ3v) is 5.43. The van der Waals surface area contributed by atoms with Crippen molar-refractivity contribution in [1.29, 1.82) is 0 Å². The van der Waals surface area contributed by atoms with Crippen LogP contribution >= 0.6 is 0 Å². The Morgan fingerprint density at radius 2 is 1.91 bits per heavy atom. The standard InChI is InChI=1S/C23H20FN5O3/c1-31-17-10-6-14(7-11-17)18-13-19(15-4-8-16(24)9-5-15)29-23(25-18)27-22(28-29)26-21(30)20-3-2-12-32-20/h2-12,18-19H,13H2,1H3,(H2,25,26,27,28,30)/t18-,19+/m0/s1. The third-order valence-electron chi connectivity index (χ3n) is 5.43. The number of methoxy groups -OCH3 is 1. The van der Waals surface area contributed by atoms with E-state index in [1.165, 1.54) is 18.4 Å². The average molecular weight is 433 g/mol. The van der Waals surface area contributed by atoms with Crippen LogP contribution in [0.3, 0.4) is 0 Å². The van der Waals surface area contributed by atoms with Crippen LogP contribution < -0.4 is 15.4 Å². The second-order valence-electron chi connectivity index (χ2n) is 7.41. The summed E-state index contributed by atoms with van der Waals surface area (Å²) in [6.45, 7) is 0. The van der Waals surface area contributed by atoms with Gasteiger partial charge in [-0.15, -0.1) is 5.10 Å². The molecule has 2 N–H and O–H groups in total. The first-order chi connectivity index (χ1) is 15.6. The summed E-state index contributed by atoms with van der Waals surface area (Å²) >= 11 is 0. The topological polar surface area (TPSA) is 94.2 Å². The fourth-order valence-electron chi connectivity index (χ4n) is 3.82. The van der Waals surface area contributed by atoms with Crippen LogP contribution in [0.4, 0.5) is 16.3 Å². The second-order valence-corrected chi connectivity index (χ2v) is 7.41. The Kier molecular flexibility index (Phi) is 5.06. The van der Waals surface area contributed by atoms with E-state index in [1.807, 2.05) is 24.3 Å². The lowest BCUT2D eigenvalue weighted by Crippen LogP contribution is -2.28. The van der Waals surface area contributed by atoms with Gasteiger partial charge in [-0.1, -0.05) is 24.3 Å². The molecule has 2 atom stereocenters. The normalized spacial score (nSPS) is 17.3. The minimum absolute atomic E-state index is 0.0683. The predicted molar refractivity (Wildman–Crippen MR) is 115 cm³/mol. The van der Waals surface area contributed by atoms with Crippen molar-refractivity contribution < 1.29 is 18.3 Å². The Balaban J connectivity index is 1.48. The third kappa shape index (κ3) is 3.80. The number of benzene rings is 2. The van der Waals surface area contributed by atoms with Crippen molar-refractivity contribution in [2.75, 3.05) is 17.7 Å². The molecule has 2 aromatic heterocycles.